The minimum Gasteiger partial charge on any atom is -0.322 e. The van der Waals surface area contributed by atoms with Crippen molar-refractivity contribution in [2.45, 2.75) is 31.6 Å². The summed E-state index contributed by atoms with van der Waals surface area (Å²) in [4.78, 5) is 36.6. The van der Waals surface area contributed by atoms with Gasteiger partial charge >= 0.3 is 6.18 Å². The molecule has 0 spiro atoms. The highest BCUT2D eigenvalue weighted by molar-refractivity contribution is 6.32. The fourth-order valence-electron chi connectivity index (χ4n) is 2.78. The zero-order valence-corrected chi connectivity index (χ0v) is 12.3. The molecule has 1 atom stereocenters. The van der Waals surface area contributed by atoms with Crippen molar-refractivity contribution in [3.8, 4) is 0 Å². The summed E-state index contributed by atoms with van der Waals surface area (Å²) in [5.41, 5.74) is -0.913. The van der Waals surface area contributed by atoms with Gasteiger partial charge in [-0.15, -0.1) is 0 Å². The topological polar surface area (TPSA) is 66.5 Å². The molecule has 9 heteroatoms. The predicted molar refractivity (Wildman–Crippen MR) is 72.5 cm³/mol. The SMILES string of the molecule is O=C1CCC(N2Cc3c(Cl)cc(C(F)(F)F)cc3C2=O)C(=O)N1. The fraction of sp³-hybridized carbons (Fsp3) is 0.357. The number of piperidine rings is 1. The minimum atomic E-state index is -4.62. The molecular weight excluding hydrogens is 337 g/mol. The first-order valence-corrected chi connectivity index (χ1v) is 7.10. The van der Waals surface area contributed by atoms with E-state index in [2.05, 4.69) is 5.32 Å². The van der Waals surface area contributed by atoms with E-state index in [4.69, 9.17) is 11.6 Å². The molecule has 5 nitrogen and oxygen atoms in total. The van der Waals surface area contributed by atoms with Gasteiger partial charge in [0.25, 0.3) is 5.91 Å². The third-order valence-corrected chi connectivity index (χ3v) is 4.27. The zero-order valence-electron chi connectivity index (χ0n) is 11.5. The lowest BCUT2D eigenvalue weighted by atomic mass is 10.0. The Balaban J connectivity index is 1.95. The summed E-state index contributed by atoms with van der Waals surface area (Å²) in [6, 6.07) is 0.620. The van der Waals surface area contributed by atoms with Gasteiger partial charge < -0.3 is 4.90 Å². The van der Waals surface area contributed by atoms with Gasteiger partial charge in [-0.2, -0.15) is 13.2 Å². The Labute approximate surface area is 133 Å². The van der Waals surface area contributed by atoms with Gasteiger partial charge in [-0.1, -0.05) is 11.6 Å². The fourth-order valence-corrected chi connectivity index (χ4v) is 3.06. The summed E-state index contributed by atoms with van der Waals surface area (Å²) in [5.74, 6) is -1.76. The van der Waals surface area contributed by atoms with E-state index in [-0.39, 0.29) is 35.5 Å². The first-order chi connectivity index (χ1) is 10.7. The monoisotopic (exact) mass is 346 g/mol. The van der Waals surface area contributed by atoms with Crippen LogP contribution in [0.2, 0.25) is 5.02 Å². The normalized spacial score (nSPS) is 21.5. The van der Waals surface area contributed by atoms with Crippen molar-refractivity contribution in [2.75, 3.05) is 0 Å². The first kappa shape index (κ1) is 15.8. The molecule has 2 aliphatic heterocycles. The van der Waals surface area contributed by atoms with Crippen LogP contribution < -0.4 is 5.32 Å². The Hall–Kier alpha value is -2.09. The number of hydrogen-bond donors (Lipinski definition) is 1. The maximum absolute atomic E-state index is 12.8. The van der Waals surface area contributed by atoms with Crippen LogP contribution in [0, 0.1) is 0 Å². The molecule has 0 aliphatic carbocycles. The van der Waals surface area contributed by atoms with E-state index < -0.39 is 35.5 Å². The van der Waals surface area contributed by atoms with Crippen LogP contribution in [0.25, 0.3) is 0 Å². The number of hydrogen-bond acceptors (Lipinski definition) is 3. The van der Waals surface area contributed by atoms with Crippen molar-refractivity contribution in [3.63, 3.8) is 0 Å². The van der Waals surface area contributed by atoms with Crippen LogP contribution in [-0.2, 0) is 22.3 Å². The number of carbonyl (C=O) groups excluding carboxylic acids is 3. The number of fused-ring (bicyclic) bond motifs is 1. The van der Waals surface area contributed by atoms with Gasteiger partial charge in [0.1, 0.15) is 6.04 Å². The van der Waals surface area contributed by atoms with Crippen LogP contribution in [0.1, 0.15) is 34.3 Å². The highest BCUT2D eigenvalue weighted by atomic mass is 35.5. The van der Waals surface area contributed by atoms with Gasteiger partial charge in [0.05, 0.1) is 5.56 Å². The molecular formula is C14H10ClF3N2O3. The molecule has 0 radical (unpaired) electrons. The molecule has 1 unspecified atom stereocenters. The summed E-state index contributed by atoms with van der Waals surface area (Å²) in [5, 5.41) is 1.95. The van der Waals surface area contributed by atoms with Crippen LogP contribution in [0.3, 0.4) is 0 Å². The molecule has 0 bridgehead atoms. The van der Waals surface area contributed by atoms with Crippen LogP contribution in [-0.4, -0.2) is 28.7 Å². The third kappa shape index (κ3) is 2.67. The molecule has 2 aliphatic rings. The van der Waals surface area contributed by atoms with Gasteiger partial charge in [0.15, 0.2) is 0 Å². The van der Waals surface area contributed by atoms with E-state index in [0.29, 0.717) is 0 Å². The Bertz CT molecular complexity index is 733. The highest BCUT2D eigenvalue weighted by Gasteiger charge is 2.41. The van der Waals surface area contributed by atoms with Gasteiger partial charge in [0, 0.05) is 29.1 Å². The molecule has 1 aromatic carbocycles. The summed E-state index contributed by atoms with van der Waals surface area (Å²) in [6.07, 6.45) is -4.42. The van der Waals surface area contributed by atoms with E-state index >= 15 is 0 Å². The van der Waals surface area contributed by atoms with E-state index in [1.54, 1.807) is 0 Å². The quantitative estimate of drug-likeness (QED) is 0.792. The molecule has 3 rings (SSSR count). The molecule has 23 heavy (non-hydrogen) atoms. The van der Waals surface area contributed by atoms with Crippen LogP contribution >= 0.6 is 11.6 Å². The molecule has 1 fully saturated rings. The highest BCUT2D eigenvalue weighted by Crippen LogP contribution is 2.38. The molecule has 0 aromatic heterocycles. The van der Waals surface area contributed by atoms with Crippen molar-refractivity contribution >= 4 is 29.3 Å². The summed E-state index contributed by atoms with van der Waals surface area (Å²) in [7, 11) is 0. The van der Waals surface area contributed by atoms with Crippen molar-refractivity contribution in [3.05, 3.63) is 33.8 Å². The van der Waals surface area contributed by atoms with Crippen molar-refractivity contribution in [1.82, 2.24) is 10.2 Å². The van der Waals surface area contributed by atoms with Gasteiger partial charge in [0.2, 0.25) is 11.8 Å². The zero-order chi connectivity index (χ0) is 16.9. The predicted octanol–water partition coefficient (Wildman–Crippen LogP) is 2.12. The maximum atomic E-state index is 12.8. The van der Waals surface area contributed by atoms with E-state index in [1.807, 2.05) is 0 Å². The van der Waals surface area contributed by atoms with Crippen molar-refractivity contribution < 1.29 is 27.6 Å². The number of carbonyl (C=O) groups is 3. The number of rotatable bonds is 1. The number of imide groups is 1. The number of alkyl halides is 3. The molecule has 3 amide bonds. The lowest BCUT2D eigenvalue weighted by Crippen LogP contribution is -2.52. The van der Waals surface area contributed by atoms with Crippen molar-refractivity contribution in [2.24, 2.45) is 0 Å². The second kappa shape index (κ2) is 5.23. The van der Waals surface area contributed by atoms with Gasteiger partial charge in [-0.25, -0.2) is 0 Å². The Morgan fingerprint density at radius 3 is 2.52 bits per heavy atom. The summed E-state index contributed by atoms with van der Waals surface area (Å²) < 4.78 is 38.5. The number of benzene rings is 1. The van der Waals surface area contributed by atoms with E-state index in [9.17, 15) is 27.6 Å². The summed E-state index contributed by atoms with van der Waals surface area (Å²) in [6.45, 7) is -0.0581. The Kier molecular flexibility index (Phi) is 3.59. The van der Waals surface area contributed by atoms with Crippen LogP contribution in [0.4, 0.5) is 13.2 Å². The van der Waals surface area contributed by atoms with Gasteiger partial charge in [-0.05, 0) is 18.6 Å². The third-order valence-electron chi connectivity index (χ3n) is 3.93. The standard InChI is InChI=1S/C14H10ClF3N2O3/c15-9-4-6(14(16,17)18)3-7-8(9)5-20(13(7)23)10-1-2-11(21)19-12(10)22/h3-4,10H,1-2,5H2,(H,19,21,22). The largest absolute Gasteiger partial charge is 0.416 e. The minimum absolute atomic E-state index is 0.0581. The summed E-state index contributed by atoms with van der Waals surface area (Å²) >= 11 is 5.88. The first-order valence-electron chi connectivity index (χ1n) is 6.73. The number of halogens is 4. The Morgan fingerprint density at radius 2 is 1.91 bits per heavy atom. The van der Waals surface area contributed by atoms with E-state index in [0.717, 1.165) is 17.0 Å². The second-order valence-electron chi connectivity index (χ2n) is 5.38. The van der Waals surface area contributed by atoms with E-state index in [1.165, 1.54) is 0 Å². The molecule has 122 valence electrons. The molecule has 1 N–H and O–H groups in total. The van der Waals surface area contributed by atoms with Gasteiger partial charge in [-0.3, -0.25) is 19.7 Å². The second-order valence-corrected chi connectivity index (χ2v) is 5.79. The number of amides is 3. The lowest BCUT2D eigenvalue weighted by Gasteiger charge is -2.29. The molecule has 2 heterocycles. The molecule has 1 aromatic rings. The van der Waals surface area contributed by atoms with Crippen LogP contribution in [0.5, 0.6) is 0 Å². The smallest absolute Gasteiger partial charge is 0.322 e. The molecule has 1 saturated heterocycles. The lowest BCUT2D eigenvalue weighted by molar-refractivity contribution is -0.138. The number of nitrogens with one attached hydrogen (secondary N) is 1. The Morgan fingerprint density at radius 1 is 1.22 bits per heavy atom. The maximum Gasteiger partial charge on any atom is 0.416 e. The van der Waals surface area contributed by atoms with Crippen LogP contribution in [0.15, 0.2) is 12.1 Å². The number of nitrogens with zero attached hydrogens (tertiary/aromatic N) is 1. The molecule has 0 saturated carbocycles. The van der Waals surface area contributed by atoms with Crippen molar-refractivity contribution in [1.29, 1.82) is 0 Å². The average Bonchev–Trinajstić information content (AvgIpc) is 2.76. The average molecular weight is 347 g/mol.